The van der Waals surface area contributed by atoms with Gasteiger partial charge in [-0.05, 0) is 24.3 Å². The quantitative estimate of drug-likeness (QED) is 0.853. The summed E-state index contributed by atoms with van der Waals surface area (Å²) in [6.45, 7) is 0.740. The molecule has 0 saturated carbocycles. The summed E-state index contributed by atoms with van der Waals surface area (Å²) in [6, 6.07) is 9.04. The first kappa shape index (κ1) is 14.7. The summed E-state index contributed by atoms with van der Waals surface area (Å²) in [5.41, 5.74) is 7.26. The fourth-order valence-corrected chi connectivity index (χ4v) is 1.75. The Bertz CT molecular complexity index is 656. The van der Waals surface area contributed by atoms with Crippen LogP contribution < -0.4 is 5.73 Å². The van der Waals surface area contributed by atoms with Gasteiger partial charge < -0.3 is 10.6 Å². The highest BCUT2D eigenvalue weighted by molar-refractivity contribution is 5.92. The van der Waals surface area contributed by atoms with Crippen LogP contribution in [0.25, 0.3) is 0 Å². The predicted octanol–water partition coefficient (Wildman–Crippen LogP) is 1.06. The number of nitrogens with zero attached hydrogens (tertiary/aromatic N) is 3. The summed E-state index contributed by atoms with van der Waals surface area (Å²) < 4.78 is 0. The lowest BCUT2D eigenvalue weighted by Crippen LogP contribution is -2.27. The smallest absolute Gasteiger partial charge is 0.272 e. The van der Waals surface area contributed by atoms with Crippen LogP contribution in [0.15, 0.2) is 42.7 Å². The lowest BCUT2D eigenvalue weighted by Gasteiger charge is -2.16. The van der Waals surface area contributed by atoms with Crippen molar-refractivity contribution < 1.29 is 4.79 Å². The first-order valence-electron chi connectivity index (χ1n) is 6.51. The number of carbonyl (C=O) groups is 1. The van der Waals surface area contributed by atoms with E-state index in [-0.39, 0.29) is 5.91 Å². The Hall–Kier alpha value is -2.71. The lowest BCUT2D eigenvalue weighted by molar-refractivity contribution is 0.0777. The van der Waals surface area contributed by atoms with Gasteiger partial charge in [-0.1, -0.05) is 17.9 Å². The number of hydrogen-bond acceptors (Lipinski definition) is 4. The van der Waals surface area contributed by atoms with E-state index in [9.17, 15) is 4.79 Å². The lowest BCUT2D eigenvalue weighted by atomic mass is 10.2. The molecule has 2 aromatic rings. The van der Waals surface area contributed by atoms with Crippen molar-refractivity contribution in [3.63, 3.8) is 0 Å². The summed E-state index contributed by atoms with van der Waals surface area (Å²) in [4.78, 5) is 22.2. The predicted molar refractivity (Wildman–Crippen MR) is 80.2 cm³/mol. The fraction of sp³-hybridized carbons (Fsp3) is 0.188. The normalized spacial score (nSPS) is 9.62. The first-order valence-corrected chi connectivity index (χ1v) is 6.51. The van der Waals surface area contributed by atoms with E-state index in [1.165, 1.54) is 0 Å². The van der Waals surface area contributed by atoms with E-state index in [0.717, 1.165) is 11.3 Å². The molecule has 0 aromatic carbocycles. The molecule has 0 fully saturated rings. The molecule has 106 valence electrons. The summed E-state index contributed by atoms with van der Waals surface area (Å²) in [6.07, 6.45) is 3.28. The SMILES string of the molecule is CN(Cc1ccccn1)C(=O)c1ccc(C#CCN)cn1. The Morgan fingerprint density at radius 2 is 2.14 bits per heavy atom. The number of pyridine rings is 2. The molecule has 5 nitrogen and oxygen atoms in total. The second-order valence-electron chi connectivity index (χ2n) is 4.42. The van der Waals surface area contributed by atoms with Crippen LogP contribution in [0.2, 0.25) is 0 Å². The third-order valence-corrected chi connectivity index (χ3v) is 2.79. The van der Waals surface area contributed by atoms with Gasteiger partial charge in [0.1, 0.15) is 5.69 Å². The maximum Gasteiger partial charge on any atom is 0.272 e. The average Bonchev–Trinajstić information content (AvgIpc) is 2.53. The molecule has 5 heteroatoms. The van der Waals surface area contributed by atoms with Crippen molar-refractivity contribution in [1.29, 1.82) is 0 Å². The van der Waals surface area contributed by atoms with Gasteiger partial charge in [-0.2, -0.15) is 0 Å². The van der Waals surface area contributed by atoms with Crippen molar-refractivity contribution in [2.24, 2.45) is 5.73 Å². The molecule has 2 aromatic heterocycles. The second-order valence-corrected chi connectivity index (χ2v) is 4.42. The number of rotatable bonds is 3. The molecule has 0 aliphatic heterocycles. The molecular formula is C16H16N4O. The summed E-state index contributed by atoms with van der Waals surface area (Å²) in [7, 11) is 1.72. The van der Waals surface area contributed by atoms with E-state index in [1.807, 2.05) is 18.2 Å². The highest BCUT2D eigenvalue weighted by atomic mass is 16.2. The van der Waals surface area contributed by atoms with Crippen LogP contribution in [0.3, 0.4) is 0 Å². The second kappa shape index (κ2) is 7.17. The van der Waals surface area contributed by atoms with E-state index in [1.54, 1.807) is 36.5 Å². The van der Waals surface area contributed by atoms with Gasteiger partial charge in [-0.3, -0.25) is 9.78 Å². The van der Waals surface area contributed by atoms with Gasteiger partial charge in [0.05, 0.1) is 18.8 Å². The molecule has 0 bridgehead atoms. The molecule has 0 radical (unpaired) electrons. The first-order chi connectivity index (χ1) is 10.2. The molecule has 0 unspecified atom stereocenters. The molecule has 0 spiro atoms. The Kier molecular flexibility index (Phi) is 5.02. The monoisotopic (exact) mass is 280 g/mol. The van der Waals surface area contributed by atoms with Crippen LogP contribution in [0.4, 0.5) is 0 Å². The van der Waals surface area contributed by atoms with Gasteiger partial charge in [0, 0.05) is 25.0 Å². The zero-order valence-corrected chi connectivity index (χ0v) is 11.8. The van der Waals surface area contributed by atoms with Gasteiger partial charge in [0.2, 0.25) is 0 Å². The minimum absolute atomic E-state index is 0.154. The molecule has 21 heavy (non-hydrogen) atoms. The van der Waals surface area contributed by atoms with E-state index < -0.39 is 0 Å². The van der Waals surface area contributed by atoms with Gasteiger partial charge in [-0.25, -0.2) is 4.98 Å². The van der Waals surface area contributed by atoms with Gasteiger partial charge in [0.15, 0.2) is 0 Å². The van der Waals surface area contributed by atoms with E-state index in [0.29, 0.717) is 18.8 Å². The zero-order chi connectivity index (χ0) is 15.1. The van der Waals surface area contributed by atoms with Crippen LogP contribution in [-0.2, 0) is 6.54 Å². The van der Waals surface area contributed by atoms with E-state index >= 15 is 0 Å². The third kappa shape index (κ3) is 4.13. The zero-order valence-electron chi connectivity index (χ0n) is 11.8. The highest BCUT2D eigenvalue weighted by Gasteiger charge is 2.13. The van der Waals surface area contributed by atoms with Crippen LogP contribution in [-0.4, -0.2) is 34.4 Å². The van der Waals surface area contributed by atoms with Crippen molar-refractivity contribution in [1.82, 2.24) is 14.9 Å². The Morgan fingerprint density at radius 3 is 2.76 bits per heavy atom. The molecule has 0 aliphatic rings. The molecule has 0 atom stereocenters. The van der Waals surface area contributed by atoms with E-state index in [2.05, 4.69) is 21.8 Å². The largest absolute Gasteiger partial charge is 0.334 e. The maximum atomic E-state index is 12.3. The molecule has 0 saturated heterocycles. The number of amides is 1. The van der Waals surface area contributed by atoms with Gasteiger partial charge in [0.25, 0.3) is 5.91 Å². The standard InChI is InChI=1S/C16H16N4O/c1-20(12-14-6-2-3-10-18-14)16(21)15-8-7-13(11-19-15)5-4-9-17/h2-3,6-8,10-11H,9,12,17H2,1H3. The topological polar surface area (TPSA) is 72.1 Å². The number of carbonyl (C=O) groups excluding carboxylic acids is 1. The average molecular weight is 280 g/mol. The summed E-state index contributed by atoms with van der Waals surface area (Å²) in [5, 5.41) is 0. The van der Waals surface area contributed by atoms with Gasteiger partial charge in [-0.15, -0.1) is 0 Å². The Balaban J connectivity index is 2.05. The van der Waals surface area contributed by atoms with Crippen molar-refractivity contribution in [2.45, 2.75) is 6.54 Å². The van der Waals surface area contributed by atoms with Crippen molar-refractivity contribution >= 4 is 5.91 Å². The van der Waals surface area contributed by atoms with Crippen LogP contribution in [0, 0.1) is 11.8 Å². The fourth-order valence-electron chi connectivity index (χ4n) is 1.75. The number of nitrogens with two attached hydrogens (primary N) is 1. The maximum absolute atomic E-state index is 12.3. The molecular weight excluding hydrogens is 264 g/mol. The van der Waals surface area contributed by atoms with Crippen molar-refractivity contribution in [3.05, 3.63) is 59.7 Å². The molecule has 1 amide bonds. The van der Waals surface area contributed by atoms with Crippen LogP contribution in [0.5, 0.6) is 0 Å². The third-order valence-electron chi connectivity index (χ3n) is 2.79. The minimum atomic E-state index is -0.154. The number of aromatic nitrogens is 2. The highest BCUT2D eigenvalue weighted by Crippen LogP contribution is 2.05. The summed E-state index contributed by atoms with van der Waals surface area (Å²) in [5.74, 6) is 5.46. The van der Waals surface area contributed by atoms with Gasteiger partial charge >= 0.3 is 0 Å². The number of hydrogen-bond donors (Lipinski definition) is 1. The molecule has 2 heterocycles. The van der Waals surface area contributed by atoms with Crippen molar-refractivity contribution in [2.75, 3.05) is 13.6 Å². The van der Waals surface area contributed by atoms with Crippen LogP contribution >= 0.6 is 0 Å². The van der Waals surface area contributed by atoms with E-state index in [4.69, 9.17) is 5.73 Å². The minimum Gasteiger partial charge on any atom is -0.334 e. The Morgan fingerprint density at radius 1 is 1.29 bits per heavy atom. The molecule has 0 aliphatic carbocycles. The molecule has 2 rings (SSSR count). The Labute approximate surface area is 123 Å². The molecule has 2 N–H and O–H groups in total. The van der Waals surface area contributed by atoms with Crippen LogP contribution in [0.1, 0.15) is 21.7 Å². The van der Waals surface area contributed by atoms with Crippen molar-refractivity contribution in [3.8, 4) is 11.8 Å². The summed E-state index contributed by atoms with van der Waals surface area (Å²) >= 11 is 0.